The summed E-state index contributed by atoms with van der Waals surface area (Å²) in [6, 6.07) is 0. The van der Waals surface area contributed by atoms with E-state index in [9.17, 15) is 0 Å². The van der Waals surface area contributed by atoms with Gasteiger partial charge in [0.05, 0.1) is 0 Å². The van der Waals surface area contributed by atoms with Crippen LogP contribution < -0.4 is 29.6 Å². The minimum absolute atomic E-state index is 0. The number of carboxylic acid groups (broad SMARTS) is 2. The molecule has 0 aromatic rings. The molecule has 0 saturated carbocycles. The summed E-state index contributed by atoms with van der Waals surface area (Å²) in [5, 5.41) is 23.8. The van der Waals surface area contributed by atoms with E-state index in [4.69, 9.17) is 29.9 Å². The van der Waals surface area contributed by atoms with Crippen LogP contribution in [-0.4, -0.2) is 22.2 Å². The molecule has 0 aliphatic heterocycles. The average molecular weight is 159 g/mol. The van der Waals surface area contributed by atoms with Gasteiger partial charge in [0.25, 0.3) is 0 Å². The van der Waals surface area contributed by atoms with E-state index in [1.165, 1.54) is 0 Å². The van der Waals surface area contributed by atoms with Crippen molar-refractivity contribution in [1.29, 1.82) is 0 Å². The zero-order chi connectivity index (χ0) is 7.86. The molecule has 0 amide bonds. The van der Waals surface area contributed by atoms with Gasteiger partial charge in [0.1, 0.15) is 0 Å². The molecule has 0 aliphatic rings. The van der Waals surface area contributed by atoms with Crippen LogP contribution in [0.15, 0.2) is 5.34 Å². The zero-order valence-electron chi connectivity index (χ0n) is 4.97. The maximum atomic E-state index is 9.10. The minimum Gasteiger partial charge on any atom is -0.473 e. The Balaban J connectivity index is -0.000000107. The molecule has 0 aromatic carbocycles. The van der Waals surface area contributed by atoms with Crippen LogP contribution in [0.2, 0.25) is 0 Å². The van der Waals surface area contributed by atoms with Gasteiger partial charge in [-0.2, -0.15) is 0 Å². The Morgan fingerprint density at radius 2 is 1.30 bits per heavy atom. The average Bonchev–Trinajstić information content (AvgIpc) is 1.68. The summed E-state index contributed by atoms with van der Waals surface area (Å²) in [5.74, 6) is -3.65. The van der Waals surface area contributed by atoms with Gasteiger partial charge in [-0.3, -0.25) is 0 Å². The maximum absolute atomic E-state index is 9.10. The molecular formula is C2H2NNaO6. The molecular weight excluding hydrogens is 157 g/mol. The molecule has 0 rings (SSSR count). The van der Waals surface area contributed by atoms with Crippen molar-refractivity contribution in [3.63, 3.8) is 0 Å². The van der Waals surface area contributed by atoms with Crippen LogP contribution in [0, 0.1) is 10.1 Å². The molecule has 0 saturated heterocycles. The van der Waals surface area contributed by atoms with Gasteiger partial charge in [-0.1, -0.05) is 0 Å². The summed E-state index contributed by atoms with van der Waals surface area (Å²) in [6.07, 6.45) is 0. The SMILES string of the molecule is O=C(O)C(=O)O.O=N[O-].[Na+]. The number of aliphatic carboxylic acids is 2. The zero-order valence-corrected chi connectivity index (χ0v) is 6.97. The molecule has 0 bridgehead atoms. The van der Waals surface area contributed by atoms with Gasteiger partial charge in [0.2, 0.25) is 0 Å². The van der Waals surface area contributed by atoms with Crippen molar-refractivity contribution >= 4 is 11.9 Å². The van der Waals surface area contributed by atoms with Gasteiger partial charge >= 0.3 is 41.5 Å². The summed E-state index contributed by atoms with van der Waals surface area (Å²) in [4.78, 5) is 26.2. The van der Waals surface area contributed by atoms with E-state index in [-0.39, 0.29) is 29.6 Å². The molecule has 0 unspecified atom stereocenters. The molecule has 0 aromatic heterocycles. The first-order valence-corrected chi connectivity index (χ1v) is 1.47. The summed E-state index contributed by atoms with van der Waals surface area (Å²) < 4.78 is 0. The molecule has 10 heavy (non-hydrogen) atoms. The monoisotopic (exact) mass is 159 g/mol. The fourth-order valence-electron chi connectivity index (χ4n) is 0. The second-order valence-electron chi connectivity index (χ2n) is 0.685. The number of hydrogen-bond donors (Lipinski definition) is 2. The van der Waals surface area contributed by atoms with E-state index in [0.717, 1.165) is 5.34 Å². The van der Waals surface area contributed by atoms with Crippen molar-refractivity contribution in [1.82, 2.24) is 0 Å². The summed E-state index contributed by atoms with van der Waals surface area (Å²) in [6.45, 7) is 0. The van der Waals surface area contributed by atoms with Gasteiger partial charge in [0, 0.05) is 0 Å². The Morgan fingerprint density at radius 1 is 1.20 bits per heavy atom. The molecule has 0 heterocycles. The fraction of sp³-hybridized carbons (Fsp3) is 0. The van der Waals surface area contributed by atoms with Crippen molar-refractivity contribution in [2.24, 2.45) is 5.34 Å². The fourth-order valence-corrected chi connectivity index (χ4v) is 0. The minimum atomic E-state index is -1.82. The van der Waals surface area contributed by atoms with E-state index in [1.807, 2.05) is 0 Å². The van der Waals surface area contributed by atoms with Crippen molar-refractivity contribution in [3.8, 4) is 0 Å². The first-order chi connectivity index (χ1) is 4.06. The van der Waals surface area contributed by atoms with Crippen LogP contribution in [0.4, 0.5) is 0 Å². The molecule has 0 atom stereocenters. The van der Waals surface area contributed by atoms with Gasteiger partial charge in [-0.15, -0.1) is 5.34 Å². The third kappa shape index (κ3) is 26.4. The van der Waals surface area contributed by atoms with Crippen LogP contribution in [0.5, 0.6) is 0 Å². The van der Waals surface area contributed by atoms with Gasteiger partial charge in [0.15, 0.2) is 0 Å². The maximum Gasteiger partial charge on any atom is 1.00 e. The molecule has 0 fully saturated rings. The predicted molar refractivity (Wildman–Crippen MR) is 24.4 cm³/mol. The number of nitrogens with zero attached hydrogens (tertiary/aromatic N) is 1. The number of rotatable bonds is 0. The Bertz CT molecular complexity index is 111. The molecule has 8 heteroatoms. The predicted octanol–water partition coefficient (Wildman–Crippen LogP) is -3.59. The quantitative estimate of drug-likeness (QED) is 0.163. The Kier molecular flexibility index (Phi) is 18.1. The van der Waals surface area contributed by atoms with Gasteiger partial charge < -0.3 is 20.3 Å². The summed E-state index contributed by atoms with van der Waals surface area (Å²) in [7, 11) is 0. The summed E-state index contributed by atoms with van der Waals surface area (Å²) >= 11 is 0. The van der Waals surface area contributed by atoms with E-state index < -0.39 is 11.9 Å². The standard InChI is InChI=1S/C2H2O4.HNO2.Na/c3-1(4)2(5)6;2-1-3;/h(H,3,4)(H,5,6);(H,2,3);/q;;+1/p-1. The Hall–Kier alpha value is -0.660. The molecule has 7 nitrogen and oxygen atoms in total. The normalized spacial score (nSPS) is 5.60. The van der Waals surface area contributed by atoms with Crippen LogP contribution in [-0.2, 0) is 9.59 Å². The molecule has 0 radical (unpaired) electrons. The van der Waals surface area contributed by atoms with E-state index in [2.05, 4.69) is 0 Å². The van der Waals surface area contributed by atoms with E-state index in [0.29, 0.717) is 0 Å². The van der Waals surface area contributed by atoms with Crippen molar-refractivity contribution in [2.45, 2.75) is 0 Å². The summed E-state index contributed by atoms with van der Waals surface area (Å²) in [5.41, 5.74) is 0. The van der Waals surface area contributed by atoms with Crippen LogP contribution in [0.25, 0.3) is 0 Å². The van der Waals surface area contributed by atoms with E-state index in [1.54, 1.807) is 0 Å². The van der Waals surface area contributed by atoms with Crippen LogP contribution in [0.1, 0.15) is 0 Å². The van der Waals surface area contributed by atoms with Gasteiger partial charge in [-0.25, -0.2) is 9.59 Å². The van der Waals surface area contributed by atoms with Crippen molar-refractivity contribution in [3.05, 3.63) is 10.1 Å². The molecule has 52 valence electrons. The van der Waals surface area contributed by atoms with Gasteiger partial charge in [-0.05, 0) is 0 Å². The first-order valence-electron chi connectivity index (χ1n) is 1.47. The Morgan fingerprint density at radius 3 is 1.30 bits per heavy atom. The van der Waals surface area contributed by atoms with Crippen LogP contribution in [0.3, 0.4) is 0 Å². The number of carboxylic acids is 2. The first kappa shape index (κ1) is 16.2. The number of hydrogen-bond acceptors (Lipinski definition) is 5. The number of carbonyl (C=O) groups is 2. The molecule has 0 aliphatic carbocycles. The molecule has 2 N–H and O–H groups in total. The second kappa shape index (κ2) is 11.2. The largest absolute Gasteiger partial charge is 1.00 e. The Labute approximate surface area is 76.9 Å². The second-order valence-corrected chi connectivity index (χ2v) is 0.685. The molecule has 0 spiro atoms. The topological polar surface area (TPSA) is 127 Å². The smallest absolute Gasteiger partial charge is 0.473 e. The third-order valence-electron chi connectivity index (χ3n) is 0.183. The van der Waals surface area contributed by atoms with E-state index >= 15 is 0 Å². The van der Waals surface area contributed by atoms with Crippen molar-refractivity contribution in [2.75, 3.05) is 0 Å². The third-order valence-corrected chi connectivity index (χ3v) is 0.183. The van der Waals surface area contributed by atoms with Crippen molar-refractivity contribution < 1.29 is 49.4 Å². The van der Waals surface area contributed by atoms with Crippen LogP contribution >= 0.6 is 0 Å².